The highest BCUT2D eigenvalue weighted by Crippen LogP contribution is 2.30. The Morgan fingerprint density at radius 2 is 2.10 bits per heavy atom. The summed E-state index contributed by atoms with van der Waals surface area (Å²) in [5.41, 5.74) is 0.193. The maximum Gasteiger partial charge on any atom is 0.136 e. The molecule has 1 aromatic carbocycles. The van der Waals surface area contributed by atoms with Crippen LogP contribution in [0.15, 0.2) is 18.2 Å². The molecule has 1 heterocycles. The van der Waals surface area contributed by atoms with Crippen LogP contribution in [0.25, 0.3) is 0 Å². The minimum atomic E-state index is -1.37. The van der Waals surface area contributed by atoms with Crippen LogP contribution in [0.3, 0.4) is 0 Å². The highest BCUT2D eigenvalue weighted by molar-refractivity contribution is 7.90. The molecule has 3 atom stereocenters. The van der Waals surface area contributed by atoms with Crippen molar-refractivity contribution in [2.24, 2.45) is 0 Å². The Bertz CT molecular complexity index is 475. The molecule has 0 aliphatic carbocycles. The highest BCUT2D eigenvalue weighted by atomic mass is 32.2. The van der Waals surface area contributed by atoms with Gasteiger partial charge >= 0.3 is 0 Å². The molecule has 0 radical (unpaired) electrons. The van der Waals surface area contributed by atoms with Crippen LogP contribution >= 0.6 is 0 Å². The van der Waals surface area contributed by atoms with Crippen molar-refractivity contribution < 1.29 is 18.1 Å². The Labute approximate surface area is 121 Å². The molecule has 20 heavy (non-hydrogen) atoms. The van der Waals surface area contributed by atoms with E-state index >= 15 is 0 Å². The summed E-state index contributed by atoms with van der Waals surface area (Å²) in [4.78, 5) is 0. The van der Waals surface area contributed by atoms with E-state index in [1.807, 2.05) is 20.8 Å². The number of benzene rings is 1. The molecule has 2 rings (SSSR count). The summed E-state index contributed by atoms with van der Waals surface area (Å²) >= 11 is -1.37. The van der Waals surface area contributed by atoms with Crippen molar-refractivity contribution in [3.63, 3.8) is 0 Å². The monoisotopic (exact) mass is 303 g/mol. The minimum Gasteiger partial charge on any atom is -0.598 e. The quantitative estimate of drug-likeness (QED) is 0.672. The van der Waals surface area contributed by atoms with Crippen LogP contribution in [-0.2, 0) is 16.1 Å². The van der Waals surface area contributed by atoms with Crippen molar-refractivity contribution >= 4 is 11.4 Å². The van der Waals surface area contributed by atoms with Gasteiger partial charge in [0.25, 0.3) is 0 Å². The number of epoxide rings is 1. The third kappa shape index (κ3) is 4.15. The molecule has 0 unspecified atom stereocenters. The summed E-state index contributed by atoms with van der Waals surface area (Å²) < 4.78 is 47.0. The van der Waals surface area contributed by atoms with E-state index in [2.05, 4.69) is 4.72 Å². The molecule has 1 aromatic rings. The molecule has 0 amide bonds. The van der Waals surface area contributed by atoms with E-state index < -0.39 is 33.8 Å². The smallest absolute Gasteiger partial charge is 0.136 e. The topological polar surface area (TPSA) is 47.6 Å². The van der Waals surface area contributed by atoms with Crippen molar-refractivity contribution in [3.8, 4) is 0 Å². The lowest BCUT2D eigenvalue weighted by Gasteiger charge is -2.28. The molecule has 1 aliphatic rings. The van der Waals surface area contributed by atoms with Gasteiger partial charge in [-0.25, -0.2) is 8.78 Å². The number of nitrogens with one attached hydrogen (secondary N) is 1. The van der Waals surface area contributed by atoms with Crippen molar-refractivity contribution in [3.05, 3.63) is 35.4 Å². The van der Waals surface area contributed by atoms with Gasteiger partial charge in [-0.1, -0.05) is 0 Å². The molecule has 6 heteroatoms. The second-order valence-corrected chi connectivity index (χ2v) is 7.91. The van der Waals surface area contributed by atoms with Gasteiger partial charge in [0.15, 0.2) is 0 Å². The first-order valence-corrected chi connectivity index (χ1v) is 7.67. The standard InChI is InChI=1S/C14H19F2NO2S/c1-14(2,3)20(18)17-13(7-10-8-19-10)11-6-9(15)4-5-12(11)16/h4-6,10,13,17H,7-8H2,1-3H3/t10-,13-,20-/m0/s1. The first kappa shape index (κ1) is 15.7. The summed E-state index contributed by atoms with van der Waals surface area (Å²) in [7, 11) is 0. The van der Waals surface area contributed by atoms with Gasteiger partial charge in [-0.3, -0.25) is 0 Å². The first-order valence-electron chi connectivity index (χ1n) is 6.52. The Hall–Kier alpha value is -0.690. The van der Waals surface area contributed by atoms with Gasteiger partial charge in [0.05, 0.1) is 18.8 Å². The van der Waals surface area contributed by atoms with Crippen LogP contribution in [0.2, 0.25) is 0 Å². The van der Waals surface area contributed by atoms with E-state index in [4.69, 9.17) is 4.74 Å². The van der Waals surface area contributed by atoms with Crippen LogP contribution in [0.5, 0.6) is 0 Å². The second-order valence-electron chi connectivity index (χ2n) is 5.91. The SMILES string of the molecule is CC(C)(C)[S@+]([O-])N[C@@H](C[C@H]1CO1)c1cc(F)ccc1F. The molecule has 1 saturated heterocycles. The summed E-state index contributed by atoms with van der Waals surface area (Å²) in [6.45, 7) is 6.07. The fourth-order valence-electron chi connectivity index (χ4n) is 1.79. The van der Waals surface area contributed by atoms with Gasteiger partial charge in [0, 0.05) is 16.9 Å². The molecule has 0 saturated carbocycles. The molecule has 1 fully saturated rings. The number of halogens is 2. The van der Waals surface area contributed by atoms with E-state index in [0.717, 1.165) is 18.2 Å². The fraction of sp³-hybridized carbons (Fsp3) is 0.571. The molecule has 0 aromatic heterocycles. The zero-order chi connectivity index (χ0) is 14.9. The van der Waals surface area contributed by atoms with E-state index in [-0.39, 0.29) is 11.7 Å². The average molecular weight is 303 g/mol. The van der Waals surface area contributed by atoms with Crippen LogP contribution in [0.4, 0.5) is 8.78 Å². The van der Waals surface area contributed by atoms with Crippen molar-refractivity contribution in [2.45, 2.75) is 44.1 Å². The molecule has 0 bridgehead atoms. The van der Waals surface area contributed by atoms with E-state index in [0.29, 0.717) is 13.0 Å². The Kier molecular flexibility index (Phi) is 4.69. The molecule has 3 nitrogen and oxygen atoms in total. The third-order valence-corrected chi connectivity index (χ3v) is 4.65. The number of ether oxygens (including phenoxy) is 1. The number of rotatable bonds is 5. The van der Waals surface area contributed by atoms with E-state index in [9.17, 15) is 13.3 Å². The average Bonchev–Trinajstić information content (AvgIpc) is 3.14. The van der Waals surface area contributed by atoms with Gasteiger partial charge in [0.2, 0.25) is 0 Å². The molecule has 1 N–H and O–H groups in total. The zero-order valence-electron chi connectivity index (χ0n) is 11.8. The van der Waals surface area contributed by atoms with Crippen molar-refractivity contribution in [1.29, 1.82) is 0 Å². The van der Waals surface area contributed by atoms with Gasteiger partial charge in [0.1, 0.15) is 16.4 Å². The molecule has 0 spiro atoms. The first-order chi connectivity index (χ1) is 9.27. The molecule has 1 aliphatic heterocycles. The highest BCUT2D eigenvalue weighted by Gasteiger charge is 2.35. The Morgan fingerprint density at radius 3 is 2.65 bits per heavy atom. The lowest BCUT2D eigenvalue weighted by molar-refractivity contribution is 0.370. The van der Waals surface area contributed by atoms with E-state index in [1.54, 1.807) is 0 Å². The molecule has 112 valence electrons. The fourth-order valence-corrected chi connectivity index (χ4v) is 2.63. The van der Waals surface area contributed by atoms with Crippen LogP contribution in [-0.4, -0.2) is 22.0 Å². The maximum absolute atomic E-state index is 13.9. The largest absolute Gasteiger partial charge is 0.598 e. The number of hydrogen-bond donors (Lipinski definition) is 1. The van der Waals surface area contributed by atoms with Crippen molar-refractivity contribution in [2.75, 3.05) is 6.61 Å². The molecular weight excluding hydrogens is 284 g/mol. The van der Waals surface area contributed by atoms with Crippen LogP contribution in [0, 0.1) is 11.6 Å². The molecular formula is C14H19F2NO2S. The predicted octanol–water partition coefficient (Wildman–Crippen LogP) is 2.85. The normalized spacial score (nSPS) is 21.6. The maximum atomic E-state index is 13.9. The minimum absolute atomic E-state index is 0.0205. The Balaban J connectivity index is 2.20. The lowest BCUT2D eigenvalue weighted by Crippen LogP contribution is -2.41. The summed E-state index contributed by atoms with van der Waals surface area (Å²) in [6.07, 6.45) is 0.495. The summed E-state index contributed by atoms with van der Waals surface area (Å²) in [6, 6.07) is 2.78. The summed E-state index contributed by atoms with van der Waals surface area (Å²) in [5, 5.41) is 0. The second kappa shape index (κ2) is 5.97. The third-order valence-electron chi connectivity index (χ3n) is 3.04. The predicted molar refractivity (Wildman–Crippen MR) is 74.5 cm³/mol. The lowest BCUT2D eigenvalue weighted by atomic mass is 10.0. The Morgan fingerprint density at radius 1 is 1.45 bits per heavy atom. The van der Waals surface area contributed by atoms with Crippen LogP contribution in [0.1, 0.15) is 38.8 Å². The zero-order valence-corrected chi connectivity index (χ0v) is 12.6. The van der Waals surface area contributed by atoms with E-state index in [1.165, 1.54) is 0 Å². The van der Waals surface area contributed by atoms with Gasteiger partial charge in [-0.05, 0) is 45.4 Å². The van der Waals surface area contributed by atoms with Crippen molar-refractivity contribution in [1.82, 2.24) is 4.72 Å². The van der Waals surface area contributed by atoms with Gasteiger partial charge in [-0.2, -0.15) is 0 Å². The summed E-state index contributed by atoms with van der Waals surface area (Å²) in [5.74, 6) is -1.01. The number of hydrogen-bond acceptors (Lipinski definition) is 3. The van der Waals surface area contributed by atoms with Gasteiger partial charge < -0.3 is 9.29 Å². The van der Waals surface area contributed by atoms with Crippen LogP contribution < -0.4 is 4.72 Å². The van der Waals surface area contributed by atoms with Gasteiger partial charge in [-0.15, -0.1) is 4.72 Å².